The predicted octanol–water partition coefficient (Wildman–Crippen LogP) is 3.44. The molecule has 8 heteroatoms. The molecule has 1 aromatic carbocycles. The second-order valence-corrected chi connectivity index (χ2v) is 9.06. The number of aromatic nitrogens is 2. The third-order valence-corrected chi connectivity index (χ3v) is 6.99. The molecule has 0 saturated carbocycles. The Bertz CT molecular complexity index is 1060. The Morgan fingerprint density at radius 3 is 2.44 bits per heavy atom. The fraction of sp³-hybridized carbons (Fsp3) is 0.333. The van der Waals surface area contributed by atoms with E-state index in [9.17, 15) is 9.59 Å². The topological polar surface area (TPSA) is 78.4 Å². The van der Waals surface area contributed by atoms with E-state index >= 15 is 0 Å². The number of piperidine rings is 1. The summed E-state index contributed by atoms with van der Waals surface area (Å²) in [6.07, 6.45) is 3.49. The molecule has 7 nitrogen and oxygen atoms in total. The standard InChI is InChI=1S/C24H25N5O2S/c30-23(19-9-13-32-16-19)28-11-7-18(8-12-28)17-3-5-21(6-4-17)29(22-2-1-10-26-27-22)24(31)20-14-25-15-20/h1-6,9-10,13,16,18,20,25H,7-8,11-12,14-15H2. The summed E-state index contributed by atoms with van der Waals surface area (Å²) in [5.41, 5.74) is 2.83. The van der Waals surface area contributed by atoms with Gasteiger partial charge < -0.3 is 10.2 Å². The van der Waals surface area contributed by atoms with Gasteiger partial charge in [-0.3, -0.25) is 14.5 Å². The van der Waals surface area contributed by atoms with Gasteiger partial charge in [0.1, 0.15) is 0 Å². The summed E-state index contributed by atoms with van der Waals surface area (Å²) in [6, 6.07) is 13.7. The Hall–Kier alpha value is -3.10. The van der Waals surface area contributed by atoms with Gasteiger partial charge in [-0.25, -0.2) is 0 Å². The average Bonchev–Trinajstić information content (AvgIpc) is 3.34. The molecule has 2 aliphatic heterocycles. The zero-order chi connectivity index (χ0) is 21.9. The molecule has 0 unspecified atom stereocenters. The molecule has 0 radical (unpaired) electrons. The van der Waals surface area contributed by atoms with E-state index in [0.29, 0.717) is 24.8 Å². The highest BCUT2D eigenvalue weighted by Gasteiger charge is 2.32. The fourth-order valence-corrected chi connectivity index (χ4v) is 4.94. The summed E-state index contributed by atoms with van der Waals surface area (Å²) < 4.78 is 0. The van der Waals surface area contributed by atoms with Gasteiger partial charge in [0.2, 0.25) is 5.91 Å². The molecule has 164 valence electrons. The first kappa shape index (κ1) is 20.8. The smallest absolute Gasteiger partial charge is 0.254 e. The van der Waals surface area contributed by atoms with Crippen LogP contribution in [0, 0.1) is 5.92 Å². The van der Waals surface area contributed by atoms with Crippen molar-refractivity contribution in [3.05, 3.63) is 70.5 Å². The molecule has 0 atom stereocenters. The van der Waals surface area contributed by atoms with E-state index in [1.807, 2.05) is 39.9 Å². The number of thiophene rings is 1. The summed E-state index contributed by atoms with van der Waals surface area (Å²) in [4.78, 5) is 29.3. The van der Waals surface area contributed by atoms with Gasteiger partial charge in [-0.2, -0.15) is 16.4 Å². The quantitative estimate of drug-likeness (QED) is 0.648. The molecule has 0 aliphatic carbocycles. The summed E-state index contributed by atoms with van der Waals surface area (Å²) in [5, 5.41) is 15.1. The van der Waals surface area contributed by atoms with E-state index in [2.05, 4.69) is 27.6 Å². The Balaban J connectivity index is 1.29. The first-order valence-corrected chi connectivity index (χ1v) is 11.9. The number of nitrogens with one attached hydrogen (secondary N) is 1. The van der Waals surface area contributed by atoms with Crippen LogP contribution >= 0.6 is 11.3 Å². The molecule has 4 heterocycles. The van der Waals surface area contributed by atoms with E-state index in [1.165, 1.54) is 5.56 Å². The molecule has 3 aromatic rings. The van der Waals surface area contributed by atoms with Crippen LogP contribution in [0.3, 0.4) is 0 Å². The minimum atomic E-state index is -0.0400. The number of carbonyl (C=O) groups excluding carboxylic acids is 2. The van der Waals surface area contributed by atoms with Crippen molar-refractivity contribution >= 4 is 34.7 Å². The minimum Gasteiger partial charge on any atom is -0.339 e. The number of carbonyl (C=O) groups is 2. The normalized spacial score (nSPS) is 17.1. The number of nitrogens with zero attached hydrogens (tertiary/aromatic N) is 4. The van der Waals surface area contributed by atoms with Crippen LogP contribution in [-0.4, -0.2) is 53.1 Å². The summed E-state index contributed by atoms with van der Waals surface area (Å²) >= 11 is 1.55. The maximum atomic E-state index is 13.1. The number of anilines is 2. The lowest BCUT2D eigenvalue weighted by Crippen LogP contribution is -2.51. The molecule has 2 aliphatic rings. The molecular formula is C24H25N5O2S. The molecule has 2 fully saturated rings. The molecule has 2 saturated heterocycles. The summed E-state index contributed by atoms with van der Waals surface area (Å²) in [6.45, 7) is 2.91. The number of rotatable bonds is 5. The van der Waals surface area contributed by atoms with Gasteiger partial charge in [0.05, 0.1) is 17.2 Å². The maximum Gasteiger partial charge on any atom is 0.254 e. The monoisotopic (exact) mass is 447 g/mol. The Labute approximate surface area is 191 Å². The molecule has 32 heavy (non-hydrogen) atoms. The van der Waals surface area contributed by atoms with E-state index in [0.717, 1.165) is 37.2 Å². The van der Waals surface area contributed by atoms with E-state index in [-0.39, 0.29) is 17.7 Å². The highest BCUT2D eigenvalue weighted by molar-refractivity contribution is 7.08. The third kappa shape index (κ3) is 4.16. The number of likely N-dealkylation sites (tertiary alicyclic amines) is 1. The van der Waals surface area contributed by atoms with Gasteiger partial charge in [-0.05, 0) is 60.0 Å². The van der Waals surface area contributed by atoms with Crippen molar-refractivity contribution in [2.24, 2.45) is 5.92 Å². The highest BCUT2D eigenvalue weighted by atomic mass is 32.1. The third-order valence-electron chi connectivity index (χ3n) is 6.31. The fourth-order valence-electron chi connectivity index (χ4n) is 4.31. The van der Waals surface area contributed by atoms with Gasteiger partial charge in [-0.15, -0.1) is 5.10 Å². The first-order valence-electron chi connectivity index (χ1n) is 10.9. The van der Waals surface area contributed by atoms with Crippen LogP contribution in [0.4, 0.5) is 11.5 Å². The van der Waals surface area contributed by atoms with Crippen molar-refractivity contribution in [3.8, 4) is 0 Å². The number of hydrogen-bond donors (Lipinski definition) is 1. The Kier molecular flexibility index (Phi) is 5.96. The van der Waals surface area contributed by atoms with Crippen molar-refractivity contribution in [2.75, 3.05) is 31.1 Å². The number of amides is 2. The molecule has 5 rings (SSSR count). The average molecular weight is 448 g/mol. The van der Waals surface area contributed by atoms with Crippen molar-refractivity contribution in [2.45, 2.75) is 18.8 Å². The SMILES string of the molecule is O=C(c1ccsc1)N1CCC(c2ccc(N(C(=O)C3CNC3)c3cccnn3)cc2)CC1. The van der Waals surface area contributed by atoms with Gasteiger partial charge in [0, 0.05) is 37.8 Å². The summed E-state index contributed by atoms with van der Waals surface area (Å²) in [7, 11) is 0. The zero-order valence-electron chi connectivity index (χ0n) is 17.7. The molecular weight excluding hydrogens is 422 g/mol. The van der Waals surface area contributed by atoms with E-state index < -0.39 is 0 Å². The maximum absolute atomic E-state index is 13.1. The zero-order valence-corrected chi connectivity index (χ0v) is 18.5. The lowest BCUT2D eigenvalue weighted by molar-refractivity contribution is -0.123. The van der Waals surface area contributed by atoms with Gasteiger partial charge >= 0.3 is 0 Å². The minimum absolute atomic E-state index is 0.0391. The number of hydrogen-bond acceptors (Lipinski definition) is 6. The summed E-state index contributed by atoms with van der Waals surface area (Å²) in [5.74, 6) is 1.08. The van der Waals surface area contributed by atoms with Crippen LogP contribution in [0.25, 0.3) is 0 Å². The van der Waals surface area contributed by atoms with Crippen LogP contribution in [0.5, 0.6) is 0 Å². The molecule has 1 N–H and O–H groups in total. The van der Waals surface area contributed by atoms with Crippen LogP contribution in [0.1, 0.15) is 34.7 Å². The predicted molar refractivity (Wildman–Crippen MR) is 124 cm³/mol. The van der Waals surface area contributed by atoms with Gasteiger partial charge in [0.15, 0.2) is 5.82 Å². The highest BCUT2D eigenvalue weighted by Crippen LogP contribution is 2.32. The van der Waals surface area contributed by atoms with Crippen LogP contribution in [-0.2, 0) is 4.79 Å². The Morgan fingerprint density at radius 1 is 1.06 bits per heavy atom. The second kappa shape index (κ2) is 9.18. The van der Waals surface area contributed by atoms with Gasteiger partial charge in [0.25, 0.3) is 5.91 Å². The lowest BCUT2D eigenvalue weighted by atomic mass is 9.89. The van der Waals surface area contributed by atoms with Crippen LogP contribution < -0.4 is 10.2 Å². The Morgan fingerprint density at radius 2 is 1.84 bits per heavy atom. The van der Waals surface area contributed by atoms with Crippen molar-refractivity contribution < 1.29 is 9.59 Å². The molecule has 2 amide bonds. The van der Waals surface area contributed by atoms with E-state index in [1.54, 1.807) is 28.5 Å². The molecule has 0 bridgehead atoms. The number of benzene rings is 1. The lowest BCUT2D eigenvalue weighted by Gasteiger charge is -2.33. The van der Waals surface area contributed by atoms with Crippen LogP contribution in [0.15, 0.2) is 59.4 Å². The molecule has 2 aromatic heterocycles. The largest absolute Gasteiger partial charge is 0.339 e. The van der Waals surface area contributed by atoms with Crippen molar-refractivity contribution in [1.82, 2.24) is 20.4 Å². The van der Waals surface area contributed by atoms with E-state index in [4.69, 9.17) is 0 Å². The second-order valence-electron chi connectivity index (χ2n) is 8.28. The molecule has 0 spiro atoms. The first-order chi connectivity index (χ1) is 15.7. The van der Waals surface area contributed by atoms with Crippen molar-refractivity contribution in [3.63, 3.8) is 0 Å². The van der Waals surface area contributed by atoms with Crippen LogP contribution in [0.2, 0.25) is 0 Å². The van der Waals surface area contributed by atoms with Gasteiger partial charge in [-0.1, -0.05) is 12.1 Å². The van der Waals surface area contributed by atoms with Crippen molar-refractivity contribution in [1.29, 1.82) is 0 Å².